The number of anilines is 1. The molecule has 0 radical (unpaired) electrons. The monoisotopic (exact) mass is 260 g/mol. The summed E-state index contributed by atoms with van der Waals surface area (Å²) in [5.74, 6) is 1.40. The van der Waals surface area contributed by atoms with Crippen molar-refractivity contribution in [2.24, 2.45) is 5.92 Å². The molecule has 1 aliphatic rings. The fourth-order valence-electron chi connectivity index (χ4n) is 2.77. The first-order valence-corrected chi connectivity index (χ1v) is 6.97. The Kier molecular flexibility index (Phi) is 3.42. The highest BCUT2D eigenvalue weighted by Gasteiger charge is 2.20. The lowest BCUT2D eigenvalue weighted by Gasteiger charge is -2.26. The van der Waals surface area contributed by atoms with Crippen molar-refractivity contribution >= 4 is 16.8 Å². The first kappa shape index (κ1) is 12.5. The van der Waals surface area contributed by atoms with Gasteiger partial charge in [-0.25, -0.2) is 4.98 Å². The number of nitrogens with two attached hydrogens (primary N) is 1. The molecule has 0 bridgehead atoms. The van der Waals surface area contributed by atoms with Gasteiger partial charge >= 0.3 is 0 Å². The van der Waals surface area contributed by atoms with E-state index in [0.29, 0.717) is 24.3 Å². The van der Waals surface area contributed by atoms with Gasteiger partial charge in [-0.05, 0) is 37.0 Å². The van der Waals surface area contributed by atoms with E-state index in [9.17, 15) is 0 Å². The Morgan fingerprint density at radius 1 is 1.42 bits per heavy atom. The second-order valence-corrected chi connectivity index (χ2v) is 5.54. The van der Waals surface area contributed by atoms with Gasteiger partial charge in [0.15, 0.2) is 5.58 Å². The van der Waals surface area contributed by atoms with Gasteiger partial charge in [0.25, 0.3) is 0 Å². The first-order chi connectivity index (χ1) is 9.20. The van der Waals surface area contributed by atoms with Crippen molar-refractivity contribution in [2.75, 3.05) is 5.73 Å². The molecule has 1 fully saturated rings. The van der Waals surface area contributed by atoms with Gasteiger partial charge in [0, 0.05) is 5.69 Å². The zero-order valence-corrected chi connectivity index (χ0v) is 11.3. The Morgan fingerprint density at radius 2 is 2.32 bits per heavy atom. The highest BCUT2D eigenvalue weighted by molar-refractivity contribution is 5.76. The van der Waals surface area contributed by atoms with Gasteiger partial charge in [-0.15, -0.1) is 0 Å². The lowest BCUT2D eigenvalue weighted by molar-refractivity contribution is -0.00403. The smallest absolute Gasteiger partial charge is 0.221 e. The fourth-order valence-corrected chi connectivity index (χ4v) is 2.77. The summed E-state index contributed by atoms with van der Waals surface area (Å²) in [7, 11) is 0. The summed E-state index contributed by atoms with van der Waals surface area (Å²) < 4.78 is 11.6. The Hall–Kier alpha value is -1.55. The van der Waals surface area contributed by atoms with E-state index in [1.807, 2.05) is 18.2 Å². The van der Waals surface area contributed by atoms with E-state index in [1.54, 1.807) is 0 Å². The molecule has 0 aliphatic heterocycles. The van der Waals surface area contributed by atoms with Crippen LogP contribution in [0.25, 0.3) is 11.1 Å². The van der Waals surface area contributed by atoms with Crippen molar-refractivity contribution in [2.45, 2.75) is 45.3 Å². The SMILES string of the molecule is CC1CCCC(OCc2nc3cc(N)ccc3o2)C1. The van der Waals surface area contributed by atoms with Crippen LogP contribution in [0.15, 0.2) is 22.6 Å². The molecule has 2 atom stereocenters. The minimum absolute atomic E-state index is 0.351. The summed E-state index contributed by atoms with van der Waals surface area (Å²) >= 11 is 0. The molecule has 102 valence electrons. The summed E-state index contributed by atoms with van der Waals surface area (Å²) in [5, 5.41) is 0. The number of ether oxygens (including phenoxy) is 1. The van der Waals surface area contributed by atoms with Crippen LogP contribution in [-0.2, 0) is 11.3 Å². The topological polar surface area (TPSA) is 61.3 Å². The molecule has 2 unspecified atom stereocenters. The fraction of sp³-hybridized carbons (Fsp3) is 0.533. The number of benzene rings is 1. The summed E-state index contributed by atoms with van der Waals surface area (Å²) in [6, 6.07) is 5.50. The standard InChI is InChI=1S/C15H20N2O2/c1-10-3-2-4-12(7-10)18-9-15-17-13-8-11(16)5-6-14(13)19-15/h5-6,8,10,12H,2-4,7,9,16H2,1H3. The van der Waals surface area contributed by atoms with Crippen molar-refractivity contribution in [3.05, 3.63) is 24.1 Å². The Balaban J connectivity index is 1.65. The zero-order valence-electron chi connectivity index (χ0n) is 11.3. The minimum atomic E-state index is 0.351. The van der Waals surface area contributed by atoms with E-state index in [2.05, 4.69) is 11.9 Å². The van der Waals surface area contributed by atoms with E-state index in [0.717, 1.165) is 29.9 Å². The van der Waals surface area contributed by atoms with Gasteiger partial charge < -0.3 is 14.9 Å². The Labute approximate surface area is 112 Å². The quantitative estimate of drug-likeness (QED) is 0.858. The predicted molar refractivity (Wildman–Crippen MR) is 74.6 cm³/mol. The molecule has 1 aliphatic carbocycles. The van der Waals surface area contributed by atoms with Gasteiger partial charge in [0.2, 0.25) is 5.89 Å². The van der Waals surface area contributed by atoms with Crippen LogP contribution in [0.2, 0.25) is 0 Å². The summed E-state index contributed by atoms with van der Waals surface area (Å²) in [4.78, 5) is 4.41. The summed E-state index contributed by atoms with van der Waals surface area (Å²) in [6.07, 6.45) is 5.23. The van der Waals surface area contributed by atoms with Crippen molar-refractivity contribution < 1.29 is 9.15 Å². The van der Waals surface area contributed by atoms with Crippen molar-refractivity contribution in [1.29, 1.82) is 0 Å². The Morgan fingerprint density at radius 3 is 3.16 bits per heavy atom. The highest BCUT2D eigenvalue weighted by atomic mass is 16.5. The normalized spacial score (nSPS) is 23.8. The molecule has 3 rings (SSSR count). The van der Waals surface area contributed by atoms with Crippen LogP contribution in [0.4, 0.5) is 5.69 Å². The molecular weight excluding hydrogens is 240 g/mol. The van der Waals surface area contributed by atoms with Gasteiger partial charge in [-0.3, -0.25) is 0 Å². The maximum atomic E-state index is 5.91. The average Bonchev–Trinajstić information content (AvgIpc) is 2.78. The van der Waals surface area contributed by atoms with Gasteiger partial charge in [0.1, 0.15) is 12.1 Å². The highest BCUT2D eigenvalue weighted by Crippen LogP contribution is 2.27. The number of hydrogen-bond acceptors (Lipinski definition) is 4. The van der Waals surface area contributed by atoms with Crippen molar-refractivity contribution in [1.82, 2.24) is 4.98 Å². The van der Waals surface area contributed by atoms with Crippen LogP contribution in [0.1, 0.15) is 38.5 Å². The van der Waals surface area contributed by atoms with E-state index < -0.39 is 0 Å². The largest absolute Gasteiger partial charge is 0.438 e. The molecule has 1 saturated carbocycles. The molecule has 4 heteroatoms. The second kappa shape index (κ2) is 5.21. The molecule has 0 amide bonds. The predicted octanol–water partition coefficient (Wildman–Crippen LogP) is 3.51. The molecule has 1 aromatic heterocycles. The van der Waals surface area contributed by atoms with Gasteiger partial charge in [0.05, 0.1) is 6.10 Å². The van der Waals surface area contributed by atoms with Gasteiger partial charge in [-0.1, -0.05) is 19.8 Å². The second-order valence-electron chi connectivity index (χ2n) is 5.54. The number of oxazole rings is 1. The lowest BCUT2D eigenvalue weighted by Crippen LogP contribution is -2.21. The third-order valence-corrected chi connectivity index (χ3v) is 3.79. The van der Waals surface area contributed by atoms with Crippen molar-refractivity contribution in [3.63, 3.8) is 0 Å². The minimum Gasteiger partial charge on any atom is -0.438 e. The Bertz CT molecular complexity index is 564. The van der Waals surface area contributed by atoms with Gasteiger partial charge in [-0.2, -0.15) is 0 Å². The number of fused-ring (bicyclic) bond motifs is 1. The van der Waals surface area contributed by atoms with E-state index >= 15 is 0 Å². The molecular formula is C15H20N2O2. The molecule has 19 heavy (non-hydrogen) atoms. The maximum absolute atomic E-state index is 5.91. The molecule has 1 aromatic carbocycles. The molecule has 0 spiro atoms. The van der Waals surface area contributed by atoms with E-state index in [-0.39, 0.29) is 0 Å². The molecule has 2 N–H and O–H groups in total. The van der Waals surface area contributed by atoms with Crippen LogP contribution in [0.5, 0.6) is 0 Å². The van der Waals surface area contributed by atoms with Crippen LogP contribution in [-0.4, -0.2) is 11.1 Å². The summed E-state index contributed by atoms with van der Waals surface area (Å²) in [6.45, 7) is 2.74. The third-order valence-electron chi connectivity index (χ3n) is 3.79. The van der Waals surface area contributed by atoms with E-state index in [1.165, 1.54) is 12.8 Å². The lowest BCUT2D eigenvalue weighted by atomic mass is 9.89. The zero-order chi connectivity index (χ0) is 13.2. The van der Waals surface area contributed by atoms with Crippen LogP contribution in [0, 0.1) is 5.92 Å². The molecule has 0 saturated heterocycles. The van der Waals surface area contributed by atoms with Crippen molar-refractivity contribution in [3.8, 4) is 0 Å². The number of rotatable bonds is 3. The first-order valence-electron chi connectivity index (χ1n) is 6.97. The summed E-state index contributed by atoms with van der Waals surface area (Å²) in [5.41, 5.74) is 8.00. The third kappa shape index (κ3) is 2.89. The number of nitrogens with zero attached hydrogens (tertiary/aromatic N) is 1. The maximum Gasteiger partial charge on any atom is 0.221 e. The molecule has 2 aromatic rings. The van der Waals surface area contributed by atoms with Crippen LogP contribution < -0.4 is 5.73 Å². The van der Waals surface area contributed by atoms with Crippen LogP contribution in [0.3, 0.4) is 0 Å². The number of aromatic nitrogens is 1. The molecule has 4 nitrogen and oxygen atoms in total. The molecule has 1 heterocycles. The van der Waals surface area contributed by atoms with Crippen LogP contribution >= 0.6 is 0 Å². The average molecular weight is 260 g/mol. The number of hydrogen-bond donors (Lipinski definition) is 1. The van der Waals surface area contributed by atoms with E-state index in [4.69, 9.17) is 14.9 Å². The number of nitrogen functional groups attached to an aromatic ring is 1.